The molecule has 1 unspecified atom stereocenters. The van der Waals surface area contributed by atoms with Gasteiger partial charge in [0.05, 0.1) is 7.11 Å². The molecule has 0 aromatic carbocycles. The quantitative estimate of drug-likeness (QED) is 0.692. The molecule has 1 atom stereocenters. The maximum absolute atomic E-state index is 11.1. The second-order valence-electron chi connectivity index (χ2n) is 2.84. The van der Waals surface area contributed by atoms with Gasteiger partial charge in [0.15, 0.2) is 0 Å². The van der Waals surface area contributed by atoms with Crippen LogP contribution in [-0.2, 0) is 9.53 Å². The van der Waals surface area contributed by atoms with E-state index in [-0.39, 0.29) is 5.97 Å². The summed E-state index contributed by atoms with van der Waals surface area (Å²) in [6.07, 6.45) is 0. The van der Waals surface area contributed by atoms with Gasteiger partial charge in [0.25, 0.3) is 0 Å². The number of ether oxygens (including phenoxy) is 1. The summed E-state index contributed by atoms with van der Waals surface area (Å²) in [5, 5.41) is 2.87. The number of carbonyl (C=O) groups excluding carboxylic acids is 1. The minimum atomic E-state index is -0.436. The molecule has 0 bridgehead atoms. The number of hydrogen-bond donors (Lipinski definition) is 2. The van der Waals surface area contributed by atoms with Crippen molar-refractivity contribution in [2.24, 2.45) is 0 Å². The zero-order chi connectivity index (χ0) is 10.6. The number of nitrogens with one attached hydrogen (secondary N) is 1. The van der Waals surface area contributed by atoms with Gasteiger partial charge in [-0.15, -0.1) is 0 Å². The topological polar surface area (TPSA) is 77.2 Å². The van der Waals surface area contributed by atoms with Gasteiger partial charge in [-0.2, -0.15) is 0 Å². The summed E-state index contributed by atoms with van der Waals surface area (Å²) in [6, 6.07) is 4.73. The first kappa shape index (κ1) is 10.3. The smallest absolute Gasteiger partial charge is 0.328 e. The summed E-state index contributed by atoms with van der Waals surface area (Å²) >= 11 is 0. The lowest BCUT2D eigenvalue weighted by Gasteiger charge is -2.11. The Bertz CT molecular complexity index is 328. The molecule has 1 rings (SSSR count). The Morgan fingerprint density at radius 1 is 1.64 bits per heavy atom. The molecule has 3 N–H and O–H groups in total. The van der Waals surface area contributed by atoms with E-state index in [2.05, 4.69) is 15.0 Å². The van der Waals surface area contributed by atoms with Crippen LogP contribution in [0.1, 0.15) is 6.92 Å². The van der Waals surface area contributed by atoms with E-state index in [4.69, 9.17) is 5.73 Å². The molecule has 14 heavy (non-hydrogen) atoms. The van der Waals surface area contributed by atoms with Crippen LogP contribution in [0.25, 0.3) is 0 Å². The lowest BCUT2D eigenvalue weighted by molar-refractivity contribution is -0.141. The fourth-order valence-corrected chi connectivity index (χ4v) is 0.989. The molecule has 0 saturated carbocycles. The molecule has 1 heterocycles. The first-order valence-electron chi connectivity index (χ1n) is 4.20. The third-order valence-corrected chi connectivity index (χ3v) is 1.69. The number of anilines is 2. The summed E-state index contributed by atoms with van der Waals surface area (Å²) in [7, 11) is 1.34. The average Bonchev–Trinajstić information content (AvgIpc) is 2.16. The Balaban J connectivity index is 2.64. The fourth-order valence-electron chi connectivity index (χ4n) is 0.989. The second-order valence-corrected chi connectivity index (χ2v) is 2.84. The van der Waals surface area contributed by atoms with Gasteiger partial charge >= 0.3 is 5.97 Å². The van der Waals surface area contributed by atoms with Gasteiger partial charge in [0.2, 0.25) is 0 Å². The van der Waals surface area contributed by atoms with E-state index in [1.165, 1.54) is 7.11 Å². The lowest BCUT2D eigenvalue weighted by Crippen LogP contribution is -2.27. The number of nitrogens with zero attached hydrogens (tertiary/aromatic N) is 1. The maximum Gasteiger partial charge on any atom is 0.328 e. The predicted octanol–water partition coefficient (Wildman–Crippen LogP) is 0.637. The summed E-state index contributed by atoms with van der Waals surface area (Å²) in [6.45, 7) is 1.69. The summed E-state index contributed by atoms with van der Waals surface area (Å²) in [5.74, 6) is 0.629. The van der Waals surface area contributed by atoms with E-state index < -0.39 is 6.04 Å². The molecule has 0 amide bonds. The molecule has 76 valence electrons. The van der Waals surface area contributed by atoms with E-state index in [0.29, 0.717) is 11.6 Å². The molecule has 5 nitrogen and oxygen atoms in total. The van der Waals surface area contributed by atoms with Crippen molar-refractivity contribution < 1.29 is 9.53 Å². The van der Waals surface area contributed by atoms with Crippen molar-refractivity contribution in [3.05, 3.63) is 18.2 Å². The van der Waals surface area contributed by atoms with Crippen LogP contribution in [0, 0.1) is 0 Å². The van der Waals surface area contributed by atoms with Gasteiger partial charge in [0, 0.05) is 0 Å². The van der Waals surface area contributed by atoms with Gasteiger partial charge in [0.1, 0.15) is 17.7 Å². The molecule has 0 aliphatic rings. The molecule has 1 aromatic heterocycles. The standard InChI is InChI=1S/C9H13N3O2/c1-6(9(13)14-2)11-8-5-3-4-7(10)12-8/h3-6H,1-2H3,(H3,10,11,12). The van der Waals surface area contributed by atoms with Gasteiger partial charge in [-0.25, -0.2) is 9.78 Å². The molecule has 0 radical (unpaired) electrons. The summed E-state index contributed by atoms with van der Waals surface area (Å²) in [5.41, 5.74) is 5.48. The maximum atomic E-state index is 11.1. The highest BCUT2D eigenvalue weighted by Crippen LogP contribution is 2.07. The highest BCUT2D eigenvalue weighted by molar-refractivity contribution is 5.78. The molecular weight excluding hydrogens is 182 g/mol. The fraction of sp³-hybridized carbons (Fsp3) is 0.333. The van der Waals surface area contributed by atoms with Crippen LogP contribution in [0.15, 0.2) is 18.2 Å². The SMILES string of the molecule is COC(=O)C(C)Nc1cccc(N)n1. The van der Waals surface area contributed by atoms with Crippen LogP contribution in [0.5, 0.6) is 0 Å². The Kier molecular flexibility index (Phi) is 3.28. The molecule has 5 heteroatoms. The summed E-state index contributed by atoms with van der Waals surface area (Å²) in [4.78, 5) is 15.0. The van der Waals surface area contributed by atoms with Gasteiger partial charge in [-0.3, -0.25) is 0 Å². The number of esters is 1. The number of carbonyl (C=O) groups is 1. The molecule has 1 aromatic rings. The molecule has 0 spiro atoms. The van der Waals surface area contributed by atoms with Crippen LogP contribution in [0.2, 0.25) is 0 Å². The van der Waals surface area contributed by atoms with E-state index in [1.54, 1.807) is 25.1 Å². The third kappa shape index (κ3) is 2.62. The first-order chi connectivity index (χ1) is 6.63. The van der Waals surface area contributed by atoms with Crippen LogP contribution >= 0.6 is 0 Å². The Hall–Kier alpha value is -1.78. The van der Waals surface area contributed by atoms with E-state index >= 15 is 0 Å². The van der Waals surface area contributed by atoms with Crippen LogP contribution < -0.4 is 11.1 Å². The second kappa shape index (κ2) is 4.45. The number of methoxy groups -OCH3 is 1. The van der Waals surface area contributed by atoms with Crippen molar-refractivity contribution in [3.63, 3.8) is 0 Å². The zero-order valence-electron chi connectivity index (χ0n) is 8.15. The van der Waals surface area contributed by atoms with Crippen molar-refractivity contribution in [2.45, 2.75) is 13.0 Å². The molecule has 0 fully saturated rings. The number of nitrogens with two attached hydrogens (primary N) is 1. The van der Waals surface area contributed by atoms with E-state index in [1.807, 2.05) is 0 Å². The van der Waals surface area contributed by atoms with E-state index in [0.717, 1.165) is 0 Å². The third-order valence-electron chi connectivity index (χ3n) is 1.69. The normalized spacial score (nSPS) is 11.9. The number of nitrogen functional groups attached to an aromatic ring is 1. The minimum Gasteiger partial charge on any atom is -0.467 e. The van der Waals surface area contributed by atoms with Gasteiger partial charge in [-0.05, 0) is 19.1 Å². The van der Waals surface area contributed by atoms with Gasteiger partial charge in [-0.1, -0.05) is 6.07 Å². The number of aromatic nitrogens is 1. The molecule has 0 aliphatic heterocycles. The van der Waals surface area contributed by atoms with Crippen molar-refractivity contribution >= 4 is 17.6 Å². The first-order valence-corrected chi connectivity index (χ1v) is 4.20. The molecular formula is C9H13N3O2. The molecule has 0 saturated heterocycles. The van der Waals surface area contributed by atoms with E-state index in [9.17, 15) is 4.79 Å². The highest BCUT2D eigenvalue weighted by Gasteiger charge is 2.12. The Labute approximate surface area is 82.3 Å². The van der Waals surface area contributed by atoms with Crippen LogP contribution in [-0.4, -0.2) is 24.1 Å². The Morgan fingerprint density at radius 3 is 2.93 bits per heavy atom. The van der Waals surface area contributed by atoms with Crippen molar-refractivity contribution in [1.29, 1.82) is 0 Å². The number of hydrogen-bond acceptors (Lipinski definition) is 5. The highest BCUT2D eigenvalue weighted by atomic mass is 16.5. The number of pyridine rings is 1. The largest absolute Gasteiger partial charge is 0.467 e. The van der Waals surface area contributed by atoms with Crippen molar-refractivity contribution in [2.75, 3.05) is 18.2 Å². The van der Waals surface area contributed by atoms with Crippen LogP contribution in [0.3, 0.4) is 0 Å². The number of rotatable bonds is 3. The Morgan fingerprint density at radius 2 is 2.36 bits per heavy atom. The van der Waals surface area contributed by atoms with Crippen LogP contribution in [0.4, 0.5) is 11.6 Å². The lowest BCUT2D eigenvalue weighted by atomic mass is 10.3. The summed E-state index contributed by atoms with van der Waals surface area (Å²) < 4.78 is 4.55. The monoisotopic (exact) mass is 195 g/mol. The van der Waals surface area contributed by atoms with Gasteiger partial charge < -0.3 is 15.8 Å². The van der Waals surface area contributed by atoms with Crippen molar-refractivity contribution in [1.82, 2.24) is 4.98 Å². The molecule has 0 aliphatic carbocycles. The predicted molar refractivity (Wildman–Crippen MR) is 53.8 cm³/mol. The minimum absolute atomic E-state index is 0.339. The zero-order valence-corrected chi connectivity index (χ0v) is 8.15. The average molecular weight is 195 g/mol. The van der Waals surface area contributed by atoms with Crippen molar-refractivity contribution in [3.8, 4) is 0 Å².